The highest BCUT2D eigenvalue weighted by atomic mass is 19.1. The Kier molecular flexibility index (Phi) is 5.64. The highest BCUT2D eigenvalue weighted by Gasteiger charge is 2.28. The number of aromatic nitrogens is 2. The van der Waals surface area contributed by atoms with Gasteiger partial charge in [-0.1, -0.05) is 12.2 Å². The average Bonchev–Trinajstić information content (AvgIpc) is 3.25. The minimum atomic E-state index is -0.686. The summed E-state index contributed by atoms with van der Waals surface area (Å²) in [6.45, 7) is 6.16. The summed E-state index contributed by atoms with van der Waals surface area (Å²) >= 11 is 0. The molecule has 1 aliphatic rings. The predicted molar refractivity (Wildman–Crippen MR) is 99.1 cm³/mol. The highest BCUT2D eigenvalue weighted by molar-refractivity contribution is 5.80. The van der Waals surface area contributed by atoms with Crippen LogP contribution in [0.4, 0.5) is 8.78 Å². The first kappa shape index (κ1) is 19.4. The number of benzene rings is 1. The Morgan fingerprint density at radius 1 is 1.32 bits per heavy atom. The highest BCUT2D eigenvalue weighted by Crippen LogP contribution is 2.30. The number of carbonyl (C=O) groups is 1. The van der Waals surface area contributed by atoms with Gasteiger partial charge in [0.25, 0.3) is 0 Å². The summed E-state index contributed by atoms with van der Waals surface area (Å²) in [6, 6.07) is 4.73. The van der Waals surface area contributed by atoms with E-state index >= 15 is 0 Å². The van der Waals surface area contributed by atoms with Crippen molar-refractivity contribution in [2.24, 2.45) is 5.10 Å². The molecule has 0 saturated heterocycles. The first-order valence-corrected chi connectivity index (χ1v) is 8.78. The zero-order valence-corrected chi connectivity index (χ0v) is 15.4. The fourth-order valence-corrected chi connectivity index (χ4v) is 3.12. The van der Waals surface area contributed by atoms with Gasteiger partial charge in [0.05, 0.1) is 12.6 Å². The van der Waals surface area contributed by atoms with Gasteiger partial charge in [-0.2, -0.15) is 15.5 Å². The van der Waals surface area contributed by atoms with Crippen molar-refractivity contribution in [3.63, 3.8) is 0 Å². The number of allylic oxidation sites excluding steroid dienone is 1. The van der Waals surface area contributed by atoms with Gasteiger partial charge < -0.3 is 0 Å². The average molecular weight is 383 g/mol. The molecule has 2 aromatic rings. The van der Waals surface area contributed by atoms with Gasteiger partial charge in [-0.25, -0.2) is 13.8 Å². The summed E-state index contributed by atoms with van der Waals surface area (Å²) in [6.07, 6.45) is 4.30. The third-order valence-electron chi connectivity index (χ3n) is 4.48. The van der Waals surface area contributed by atoms with E-state index in [2.05, 4.69) is 16.8 Å². The van der Waals surface area contributed by atoms with Crippen molar-refractivity contribution < 1.29 is 13.6 Å². The topological polar surface area (TPSA) is 74.3 Å². The van der Waals surface area contributed by atoms with Gasteiger partial charge >= 0.3 is 0 Å². The molecule has 144 valence electrons. The van der Waals surface area contributed by atoms with Gasteiger partial charge in [0, 0.05) is 36.9 Å². The third-order valence-corrected chi connectivity index (χ3v) is 4.48. The molecule has 0 fully saturated rings. The largest absolute Gasteiger partial charge is 0.273 e. The van der Waals surface area contributed by atoms with Crippen LogP contribution in [0.2, 0.25) is 0 Å². The normalized spacial score (nSPS) is 15.6. The molecule has 1 aromatic heterocycles. The van der Waals surface area contributed by atoms with E-state index in [0.29, 0.717) is 30.6 Å². The summed E-state index contributed by atoms with van der Waals surface area (Å²) in [7, 11) is 0. The van der Waals surface area contributed by atoms with Gasteiger partial charge in [0.1, 0.15) is 17.7 Å². The van der Waals surface area contributed by atoms with Crippen molar-refractivity contribution in [1.82, 2.24) is 14.8 Å². The molecule has 8 heteroatoms. The number of nitrogens with zero attached hydrogens (tertiary/aromatic N) is 5. The quantitative estimate of drug-likeness (QED) is 0.715. The fraction of sp³-hybridized carbons (Fsp3) is 0.300. The molecule has 0 saturated carbocycles. The number of hydrazone groups is 1. The number of halogens is 2. The van der Waals surface area contributed by atoms with Crippen molar-refractivity contribution in [3.05, 3.63) is 65.0 Å². The number of carbonyl (C=O) groups excluding carboxylic acids is 1. The Bertz CT molecular complexity index is 969. The van der Waals surface area contributed by atoms with E-state index < -0.39 is 17.7 Å². The third kappa shape index (κ3) is 4.31. The van der Waals surface area contributed by atoms with Gasteiger partial charge in [0.15, 0.2) is 5.69 Å². The summed E-state index contributed by atoms with van der Waals surface area (Å²) in [5.41, 5.74) is 2.29. The second-order valence-electron chi connectivity index (χ2n) is 6.71. The Morgan fingerprint density at radius 2 is 2.04 bits per heavy atom. The van der Waals surface area contributed by atoms with Crippen LogP contribution >= 0.6 is 0 Å². The van der Waals surface area contributed by atoms with Crippen LogP contribution in [0, 0.1) is 29.9 Å². The number of rotatable bonds is 6. The Labute approximate surface area is 161 Å². The Morgan fingerprint density at radius 3 is 2.68 bits per heavy atom. The van der Waals surface area contributed by atoms with Gasteiger partial charge in [-0.15, -0.1) is 0 Å². The van der Waals surface area contributed by atoms with Crippen LogP contribution in [-0.4, -0.2) is 26.9 Å². The maximum atomic E-state index is 13.5. The summed E-state index contributed by atoms with van der Waals surface area (Å²) in [5.74, 6) is -1.62. The maximum Gasteiger partial charge on any atom is 0.243 e. The van der Waals surface area contributed by atoms with Crippen LogP contribution in [0.5, 0.6) is 0 Å². The second-order valence-corrected chi connectivity index (χ2v) is 6.71. The van der Waals surface area contributed by atoms with E-state index in [1.165, 1.54) is 17.1 Å². The first-order valence-electron chi connectivity index (χ1n) is 8.78. The lowest BCUT2D eigenvalue weighted by molar-refractivity contribution is -0.133. The smallest absolute Gasteiger partial charge is 0.243 e. The van der Waals surface area contributed by atoms with E-state index in [9.17, 15) is 13.6 Å². The number of nitriles is 1. The van der Waals surface area contributed by atoms with Crippen molar-refractivity contribution in [3.8, 4) is 6.07 Å². The minimum absolute atomic E-state index is 0.163. The van der Waals surface area contributed by atoms with Crippen molar-refractivity contribution >= 4 is 12.1 Å². The van der Waals surface area contributed by atoms with Crippen LogP contribution in [0.1, 0.15) is 42.1 Å². The van der Waals surface area contributed by atoms with Gasteiger partial charge in [0.2, 0.25) is 5.91 Å². The number of aryl methyl sites for hydroxylation is 1. The monoisotopic (exact) mass is 383 g/mol. The molecule has 6 nitrogen and oxygen atoms in total. The molecule has 0 aliphatic carbocycles. The molecule has 1 atom stereocenters. The standard InChI is InChI=1S/C20H19F2N5O/c1-13(11-26-12-14(2)18(10-23)25-26)3-4-20(28)27-19(5-6-24-27)15-7-16(21)9-17(22)8-15/h6-9,12,19H,1,3-5,11H2,2H3. The Hall–Kier alpha value is -3.34. The molecule has 0 N–H and O–H groups in total. The number of hydrogen-bond donors (Lipinski definition) is 0. The molecule has 1 aliphatic heterocycles. The molecule has 3 rings (SSSR count). The lowest BCUT2D eigenvalue weighted by Crippen LogP contribution is -2.27. The maximum absolute atomic E-state index is 13.5. The van der Waals surface area contributed by atoms with E-state index in [-0.39, 0.29) is 12.3 Å². The van der Waals surface area contributed by atoms with Crippen molar-refractivity contribution in [2.75, 3.05) is 0 Å². The van der Waals surface area contributed by atoms with E-state index in [1.807, 2.05) is 6.07 Å². The lowest BCUT2D eigenvalue weighted by Gasteiger charge is -2.22. The molecule has 0 bridgehead atoms. The van der Waals surface area contributed by atoms with Crippen LogP contribution in [0.25, 0.3) is 0 Å². The fourth-order valence-electron chi connectivity index (χ4n) is 3.12. The number of hydrogen-bond acceptors (Lipinski definition) is 4. The molecule has 28 heavy (non-hydrogen) atoms. The van der Waals surface area contributed by atoms with Crippen molar-refractivity contribution in [2.45, 2.75) is 38.8 Å². The minimum Gasteiger partial charge on any atom is -0.273 e. The van der Waals surface area contributed by atoms with Crippen LogP contribution in [-0.2, 0) is 11.3 Å². The molecule has 0 radical (unpaired) electrons. The molecular weight excluding hydrogens is 364 g/mol. The van der Waals surface area contributed by atoms with Crippen LogP contribution in [0.3, 0.4) is 0 Å². The molecule has 1 aromatic carbocycles. The zero-order valence-electron chi connectivity index (χ0n) is 15.4. The molecule has 2 heterocycles. The number of amides is 1. The predicted octanol–water partition coefficient (Wildman–Crippen LogP) is 3.64. The lowest BCUT2D eigenvalue weighted by atomic mass is 10.0. The Balaban J connectivity index is 1.59. The summed E-state index contributed by atoms with van der Waals surface area (Å²) in [5, 5.41) is 18.4. The van der Waals surface area contributed by atoms with E-state index in [1.54, 1.807) is 24.0 Å². The van der Waals surface area contributed by atoms with E-state index in [0.717, 1.165) is 17.2 Å². The van der Waals surface area contributed by atoms with Crippen LogP contribution in [0.15, 0.2) is 41.6 Å². The van der Waals surface area contributed by atoms with E-state index in [4.69, 9.17) is 5.26 Å². The summed E-state index contributed by atoms with van der Waals surface area (Å²) < 4.78 is 28.6. The molecule has 0 spiro atoms. The molecular formula is C20H19F2N5O. The van der Waals surface area contributed by atoms with Gasteiger partial charge in [-0.05, 0) is 31.0 Å². The first-order chi connectivity index (χ1) is 13.4. The molecule has 1 unspecified atom stereocenters. The molecule has 1 amide bonds. The van der Waals surface area contributed by atoms with Crippen LogP contribution < -0.4 is 0 Å². The summed E-state index contributed by atoms with van der Waals surface area (Å²) in [4.78, 5) is 12.6. The SMILES string of the molecule is C=C(CCC(=O)N1N=CCC1c1cc(F)cc(F)c1)Cn1cc(C)c(C#N)n1. The zero-order chi connectivity index (χ0) is 20.3. The second kappa shape index (κ2) is 8.13. The van der Waals surface area contributed by atoms with Gasteiger partial charge in [-0.3, -0.25) is 9.48 Å². The van der Waals surface area contributed by atoms with Crippen molar-refractivity contribution in [1.29, 1.82) is 5.26 Å².